The van der Waals surface area contributed by atoms with Gasteiger partial charge in [0.1, 0.15) is 5.82 Å². The van der Waals surface area contributed by atoms with Crippen LogP contribution in [0.2, 0.25) is 5.02 Å². The van der Waals surface area contributed by atoms with E-state index < -0.39 is 5.82 Å². The molecule has 4 heteroatoms. The number of nitrogen functional groups attached to an aromatic ring is 1. The summed E-state index contributed by atoms with van der Waals surface area (Å²) in [4.78, 5) is 0. The minimum Gasteiger partial charge on any atom is -0.396 e. The maximum atomic E-state index is 12.7. The van der Waals surface area contributed by atoms with Gasteiger partial charge < -0.3 is 10.8 Å². The van der Waals surface area contributed by atoms with E-state index in [0.717, 1.165) is 6.07 Å². The van der Waals surface area contributed by atoms with E-state index in [1.165, 1.54) is 6.07 Å². The summed E-state index contributed by atoms with van der Waals surface area (Å²) in [6.07, 6.45) is 0. The molecule has 2 nitrogen and oxygen atoms in total. The van der Waals surface area contributed by atoms with E-state index in [1.54, 1.807) is 0 Å². The van der Waals surface area contributed by atoms with Crippen LogP contribution in [0.25, 0.3) is 0 Å². The Kier molecular flexibility index (Phi) is 2.31. The third kappa shape index (κ3) is 1.61. The van der Waals surface area contributed by atoms with Crippen molar-refractivity contribution in [2.24, 2.45) is 0 Å². The number of benzene rings is 1. The molecule has 0 saturated heterocycles. The average molecular weight is 176 g/mol. The van der Waals surface area contributed by atoms with Crippen molar-refractivity contribution in [1.29, 1.82) is 0 Å². The molecule has 11 heavy (non-hydrogen) atoms. The van der Waals surface area contributed by atoms with Crippen LogP contribution < -0.4 is 5.73 Å². The van der Waals surface area contributed by atoms with Gasteiger partial charge in [0.15, 0.2) is 0 Å². The molecule has 0 saturated carbocycles. The molecule has 0 radical (unpaired) electrons. The minimum absolute atomic E-state index is 0.0445. The molecule has 0 heterocycles. The number of aliphatic hydroxyl groups is 1. The first kappa shape index (κ1) is 8.30. The summed E-state index contributed by atoms with van der Waals surface area (Å²) in [7, 11) is 0. The van der Waals surface area contributed by atoms with Gasteiger partial charge in [0.25, 0.3) is 0 Å². The lowest BCUT2D eigenvalue weighted by Gasteiger charge is -2.03. The third-order valence-electron chi connectivity index (χ3n) is 1.35. The Bertz CT molecular complexity index is 277. The quantitative estimate of drug-likeness (QED) is 0.637. The molecule has 0 amide bonds. The van der Waals surface area contributed by atoms with Crippen LogP contribution in [-0.2, 0) is 6.61 Å². The van der Waals surface area contributed by atoms with Crippen molar-refractivity contribution in [3.8, 4) is 0 Å². The Morgan fingerprint density at radius 1 is 1.55 bits per heavy atom. The van der Waals surface area contributed by atoms with Crippen molar-refractivity contribution in [1.82, 2.24) is 0 Å². The maximum Gasteiger partial charge on any atom is 0.147 e. The molecule has 0 spiro atoms. The third-order valence-corrected chi connectivity index (χ3v) is 1.57. The van der Waals surface area contributed by atoms with Crippen molar-refractivity contribution in [2.75, 3.05) is 5.73 Å². The van der Waals surface area contributed by atoms with Gasteiger partial charge in [-0.1, -0.05) is 11.6 Å². The fraction of sp³-hybridized carbons (Fsp3) is 0.143. The van der Waals surface area contributed by atoms with Crippen LogP contribution in [0.1, 0.15) is 5.56 Å². The highest BCUT2D eigenvalue weighted by Gasteiger charge is 2.05. The first-order chi connectivity index (χ1) is 5.15. The molecule has 0 aromatic heterocycles. The first-order valence-corrected chi connectivity index (χ1v) is 3.37. The Morgan fingerprint density at radius 2 is 2.18 bits per heavy atom. The molecular weight excluding hydrogens is 169 g/mol. The zero-order valence-corrected chi connectivity index (χ0v) is 6.40. The predicted octanol–water partition coefficient (Wildman–Crippen LogP) is 1.55. The molecule has 0 fully saturated rings. The van der Waals surface area contributed by atoms with Crippen LogP contribution in [0.5, 0.6) is 0 Å². The summed E-state index contributed by atoms with van der Waals surface area (Å²) in [5, 5.41) is 8.90. The second-order valence-corrected chi connectivity index (χ2v) is 2.55. The Morgan fingerprint density at radius 3 is 2.73 bits per heavy atom. The van der Waals surface area contributed by atoms with Gasteiger partial charge in [-0.3, -0.25) is 0 Å². The summed E-state index contributed by atoms with van der Waals surface area (Å²) in [5.74, 6) is -0.596. The number of hydrogen-bond donors (Lipinski definition) is 2. The molecule has 0 aliphatic rings. The van der Waals surface area contributed by atoms with Crippen LogP contribution in [0.3, 0.4) is 0 Å². The molecule has 1 rings (SSSR count). The smallest absolute Gasteiger partial charge is 0.147 e. The van der Waals surface area contributed by atoms with E-state index in [4.69, 9.17) is 22.4 Å². The maximum absolute atomic E-state index is 12.7. The van der Waals surface area contributed by atoms with Gasteiger partial charge in [-0.2, -0.15) is 0 Å². The highest BCUT2D eigenvalue weighted by atomic mass is 35.5. The molecule has 0 unspecified atom stereocenters. The highest BCUT2D eigenvalue weighted by molar-refractivity contribution is 6.30. The highest BCUT2D eigenvalue weighted by Crippen LogP contribution is 2.21. The van der Waals surface area contributed by atoms with E-state index in [2.05, 4.69) is 0 Å². The second-order valence-electron chi connectivity index (χ2n) is 2.12. The lowest BCUT2D eigenvalue weighted by molar-refractivity contribution is 0.282. The van der Waals surface area contributed by atoms with Crippen LogP contribution >= 0.6 is 11.6 Å². The number of nitrogens with two attached hydrogens (primary N) is 1. The minimum atomic E-state index is -0.596. The van der Waals surface area contributed by atoms with Gasteiger partial charge in [0.05, 0.1) is 12.3 Å². The Labute approximate surface area is 68.4 Å². The predicted molar refractivity (Wildman–Crippen MR) is 41.7 cm³/mol. The topological polar surface area (TPSA) is 46.2 Å². The van der Waals surface area contributed by atoms with Crippen molar-refractivity contribution >= 4 is 17.3 Å². The van der Waals surface area contributed by atoms with Gasteiger partial charge in [0.2, 0.25) is 0 Å². The Balaban J connectivity index is 3.24. The number of halogens is 2. The summed E-state index contributed by atoms with van der Waals surface area (Å²) in [6.45, 7) is -0.302. The SMILES string of the molecule is Nc1c(F)cc(Cl)cc1CO. The lowest BCUT2D eigenvalue weighted by Crippen LogP contribution is -1.97. The number of rotatable bonds is 1. The van der Waals surface area contributed by atoms with Crippen LogP contribution in [0, 0.1) is 5.82 Å². The number of anilines is 1. The fourth-order valence-electron chi connectivity index (χ4n) is 0.769. The monoisotopic (exact) mass is 175 g/mol. The zero-order chi connectivity index (χ0) is 8.43. The fourth-order valence-corrected chi connectivity index (χ4v) is 0.996. The lowest BCUT2D eigenvalue weighted by atomic mass is 10.2. The molecule has 1 aromatic carbocycles. The standard InChI is InChI=1S/C7H7ClFNO/c8-5-1-4(3-11)7(10)6(9)2-5/h1-2,11H,3,10H2. The van der Waals surface area contributed by atoms with E-state index in [-0.39, 0.29) is 17.3 Å². The van der Waals surface area contributed by atoms with E-state index >= 15 is 0 Å². The van der Waals surface area contributed by atoms with Gasteiger partial charge in [0, 0.05) is 10.6 Å². The number of aliphatic hydroxyl groups excluding tert-OH is 1. The summed E-state index contributed by atoms with van der Waals surface area (Å²) in [6, 6.07) is 2.54. The van der Waals surface area contributed by atoms with Crippen LogP contribution in [0.15, 0.2) is 12.1 Å². The summed E-state index contributed by atoms with van der Waals surface area (Å²) in [5.41, 5.74) is 5.54. The molecule has 1 aromatic rings. The molecule has 60 valence electrons. The molecule has 0 aliphatic carbocycles. The Hall–Kier alpha value is -0.800. The second kappa shape index (κ2) is 3.07. The van der Waals surface area contributed by atoms with Crippen molar-refractivity contribution in [3.05, 3.63) is 28.5 Å². The molecule has 0 bridgehead atoms. The molecule has 0 atom stereocenters. The number of hydrogen-bond acceptors (Lipinski definition) is 2. The summed E-state index contributed by atoms with van der Waals surface area (Å²) >= 11 is 5.49. The van der Waals surface area contributed by atoms with Crippen molar-refractivity contribution in [3.63, 3.8) is 0 Å². The molecular formula is C7H7ClFNO. The summed E-state index contributed by atoms with van der Waals surface area (Å²) < 4.78 is 12.7. The van der Waals surface area contributed by atoms with Crippen molar-refractivity contribution < 1.29 is 9.50 Å². The normalized spacial score (nSPS) is 10.1. The average Bonchev–Trinajstić information content (AvgIpc) is 1.96. The van der Waals surface area contributed by atoms with E-state index in [9.17, 15) is 4.39 Å². The first-order valence-electron chi connectivity index (χ1n) is 2.99. The largest absolute Gasteiger partial charge is 0.396 e. The molecule has 3 N–H and O–H groups in total. The van der Waals surface area contributed by atoms with Crippen molar-refractivity contribution in [2.45, 2.75) is 6.61 Å². The van der Waals surface area contributed by atoms with Gasteiger partial charge >= 0.3 is 0 Å². The van der Waals surface area contributed by atoms with Crippen LogP contribution in [-0.4, -0.2) is 5.11 Å². The van der Waals surface area contributed by atoms with Gasteiger partial charge in [-0.25, -0.2) is 4.39 Å². The van der Waals surface area contributed by atoms with Gasteiger partial charge in [-0.15, -0.1) is 0 Å². The van der Waals surface area contributed by atoms with E-state index in [0.29, 0.717) is 5.56 Å². The zero-order valence-electron chi connectivity index (χ0n) is 5.64. The van der Waals surface area contributed by atoms with Crippen LogP contribution in [0.4, 0.5) is 10.1 Å². The molecule has 0 aliphatic heterocycles. The van der Waals surface area contributed by atoms with Gasteiger partial charge in [-0.05, 0) is 12.1 Å². The van der Waals surface area contributed by atoms with E-state index in [1.807, 2.05) is 0 Å².